The monoisotopic (exact) mass is 333 g/mol. The number of hydrogen-bond donors (Lipinski definition) is 1. The lowest BCUT2D eigenvalue weighted by molar-refractivity contribution is 0.401. The number of nitrogen functional groups attached to an aromatic ring is 1. The van der Waals surface area contributed by atoms with Gasteiger partial charge in [-0.2, -0.15) is 4.98 Å². The summed E-state index contributed by atoms with van der Waals surface area (Å²) < 4.78 is 8.03. The minimum atomic E-state index is 0.388. The van der Waals surface area contributed by atoms with Gasteiger partial charge < -0.3 is 10.5 Å². The highest BCUT2D eigenvalue weighted by molar-refractivity contribution is 9.10. The molecule has 0 aliphatic carbocycles. The van der Waals surface area contributed by atoms with Crippen LogP contribution in [0.3, 0.4) is 0 Å². The van der Waals surface area contributed by atoms with E-state index in [9.17, 15) is 0 Å². The molecule has 0 radical (unpaired) electrons. The van der Waals surface area contributed by atoms with E-state index in [1.165, 1.54) is 6.33 Å². The fourth-order valence-electron chi connectivity index (χ4n) is 2.06. The Morgan fingerprint density at radius 1 is 1.35 bits per heavy atom. The molecular formula is C13H12BrN5O. The smallest absolute Gasteiger partial charge is 0.245 e. The quantitative estimate of drug-likeness (QED) is 0.795. The van der Waals surface area contributed by atoms with Gasteiger partial charge in [-0.25, -0.2) is 9.97 Å². The third-order valence-corrected chi connectivity index (χ3v) is 3.44. The minimum absolute atomic E-state index is 0.388. The van der Waals surface area contributed by atoms with Gasteiger partial charge in [-0.15, -0.1) is 0 Å². The predicted molar refractivity (Wildman–Crippen MR) is 79.5 cm³/mol. The Kier molecular flexibility index (Phi) is 3.27. The SMILES string of the molecule is COc1ncnc2c1nc(N)n2Cc1cccc(Br)c1. The van der Waals surface area contributed by atoms with Crippen LogP contribution in [0.25, 0.3) is 11.2 Å². The van der Waals surface area contributed by atoms with Crippen LogP contribution in [0.4, 0.5) is 5.95 Å². The number of hydrogen-bond acceptors (Lipinski definition) is 5. The average Bonchev–Trinajstić information content (AvgIpc) is 2.75. The van der Waals surface area contributed by atoms with Gasteiger partial charge in [0.15, 0.2) is 11.2 Å². The van der Waals surface area contributed by atoms with E-state index >= 15 is 0 Å². The summed E-state index contributed by atoms with van der Waals surface area (Å²) in [5, 5.41) is 0. The van der Waals surface area contributed by atoms with Gasteiger partial charge in [-0.3, -0.25) is 4.57 Å². The summed E-state index contributed by atoms with van der Waals surface area (Å²) in [5.74, 6) is 0.813. The van der Waals surface area contributed by atoms with Crippen molar-refractivity contribution in [1.29, 1.82) is 0 Å². The summed E-state index contributed by atoms with van der Waals surface area (Å²) in [7, 11) is 1.55. The number of rotatable bonds is 3. The van der Waals surface area contributed by atoms with Crippen LogP contribution in [0.5, 0.6) is 5.88 Å². The van der Waals surface area contributed by atoms with Gasteiger partial charge in [-0.05, 0) is 17.7 Å². The first-order valence-corrected chi connectivity index (χ1v) is 6.73. The number of nitrogens with zero attached hydrogens (tertiary/aromatic N) is 4. The maximum Gasteiger partial charge on any atom is 0.245 e. The standard InChI is InChI=1S/C13H12BrN5O/c1-20-12-10-11(16-7-17-12)19(13(15)18-10)6-8-3-2-4-9(14)5-8/h2-5,7H,6H2,1H3,(H2,15,18). The number of benzene rings is 1. The molecular weight excluding hydrogens is 322 g/mol. The van der Waals surface area contributed by atoms with Crippen LogP contribution in [-0.2, 0) is 6.54 Å². The Morgan fingerprint density at radius 3 is 2.95 bits per heavy atom. The van der Waals surface area contributed by atoms with Crippen molar-refractivity contribution in [2.75, 3.05) is 12.8 Å². The maximum atomic E-state index is 5.98. The summed E-state index contributed by atoms with van der Waals surface area (Å²) in [5.41, 5.74) is 8.31. The summed E-state index contributed by atoms with van der Waals surface area (Å²) >= 11 is 3.46. The topological polar surface area (TPSA) is 78.8 Å². The Labute approximate surface area is 123 Å². The Hall–Kier alpha value is -2.15. The van der Waals surface area contributed by atoms with Crippen molar-refractivity contribution in [3.63, 3.8) is 0 Å². The van der Waals surface area contributed by atoms with Gasteiger partial charge in [0.05, 0.1) is 13.7 Å². The number of anilines is 1. The number of imidazole rings is 1. The molecule has 2 aromatic heterocycles. The normalized spacial score (nSPS) is 10.9. The van der Waals surface area contributed by atoms with E-state index < -0.39 is 0 Å². The number of fused-ring (bicyclic) bond motifs is 1. The van der Waals surface area contributed by atoms with E-state index in [1.54, 1.807) is 7.11 Å². The summed E-state index contributed by atoms with van der Waals surface area (Å²) in [6, 6.07) is 8.01. The van der Waals surface area contributed by atoms with Crippen LogP contribution in [-0.4, -0.2) is 26.6 Å². The highest BCUT2D eigenvalue weighted by atomic mass is 79.9. The molecule has 20 heavy (non-hydrogen) atoms. The molecule has 0 spiro atoms. The number of ether oxygens (including phenoxy) is 1. The number of aromatic nitrogens is 4. The number of halogens is 1. The molecule has 6 nitrogen and oxygen atoms in total. The minimum Gasteiger partial charge on any atom is -0.479 e. The molecule has 0 bridgehead atoms. The van der Waals surface area contributed by atoms with Gasteiger partial charge in [0.1, 0.15) is 6.33 Å². The van der Waals surface area contributed by atoms with Gasteiger partial charge >= 0.3 is 0 Å². The third-order valence-electron chi connectivity index (χ3n) is 2.95. The molecule has 0 saturated carbocycles. The average molecular weight is 334 g/mol. The van der Waals surface area contributed by atoms with Gasteiger partial charge in [0.25, 0.3) is 0 Å². The number of methoxy groups -OCH3 is 1. The molecule has 0 aliphatic heterocycles. The van der Waals surface area contributed by atoms with Crippen molar-refractivity contribution >= 4 is 33.0 Å². The van der Waals surface area contributed by atoms with Crippen LogP contribution in [0, 0.1) is 0 Å². The summed E-state index contributed by atoms with van der Waals surface area (Å²) in [6.07, 6.45) is 1.44. The fourth-order valence-corrected chi connectivity index (χ4v) is 2.50. The Bertz CT molecular complexity index is 771. The summed E-state index contributed by atoms with van der Waals surface area (Å²) in [4.78, 5) is 12.6. The van der Waals surface area contributed by atoms with E-state index in [1.807, 2.05) is 28.8 Å². The molecule has 1 aromatic carbocycles. The van der Waals surface area contributed by atoms with Crippen LogP contribution in [0.15, 0.2) is 35.1 Å². The van der Waals surface area contributed by atoms with Crippen LogP contribution >= 0.6 is 15.9 Å². The molecule has 2 N–H and O–H groups in total. The zero-order chi connectivity index (χ0) is 14.1. The first-order valence-electron chi connectivity index (χ1n) is 5.94. The zero-order valence-corrected chi connectivity index (χ0v) is 12.3. The van der Waals surface area contributed by atoms with Crippen molar-refractivity contribution in [3.05, 3.63) is 40.6 Å². The van der Waals surface area contributed by atoms with Gasteiger partial charge in [0.2, 0.25) is 11.8 Å². The first-order chi connectivity index (χ1) is 9.69. The molecule has 0 saturated heterocycles. The van der Waals surface area contributed by atoms with Crippen molar-refractivity contribution in [1.82, 2.24) is 19.5 Å². The lowest BCUT2D eigenvalue weighted by Crippen LogP contribution is -2.05. The lowest BCUT2D eigenvalue weighted by Gasteiger charge is -2.06. The molecule has 2 heterocycles. The zero-order valence-electron chi connectivity index (χ0n) is 10.7. The Morgan fingerprint density at radius 2 is 2.20 bits per heavy atom. The highest BCUT2D eigenvalue weighted by Crippen LogP contribution is 2.24. The molecule has 7 heteroatoms. The molecule has 3 aromatic rings. The van der Waals surface area contributed by atoms with E-state index in [4.69, 9.17) is 10.5 Å². The predicted octanol–water partition coefficient (Wildman–Crippen LogP) is 2.23. The second-order valence-corrected chi connectivity index (χ2v) is 5.16. The molecule has 0 amide bonds. The van der Waals surface area contributed by atoms with Crippen molar-refractivity contribution in [2.45, 2.75) is 6.54 Å². The molecule has 0 atom stereocenters. The van der Waals surface area contributed by atoms with E-state index in [-0.39, 0.29) is 0 Å². The molecule has 0 fully saturated rings. The van der Waals surface area contributed by atoms with E-state index in [2.05, 4.69) is 30.9 Å². The second-order valence-electron chi connectivity index (χ2n) is 4.24. The Balaban J connectivity index is 2.10. The van der Waals surface area contributed by atoms with Gasteiger partial charge in [0, 0.05) is 4.47 Å². The molecule has 102 valence electrons. The second kappa shape index (κ2) is 5.09. The number of nitrogens with two attached hydrogens (primary N) is 1. The van der Waals surface area contributed by atoms with Crippen molar-refractivity contribution in [3.8, 4) is 5.88 Å². The fraction of sp³-hybridized carbons (Fsp3) is 0.154. The van der Waals surface area contributed by atoms with Crippen LogP contribution < -0.4 is 10.5 Å². The molecule has 0 aliphatic rings. The molecule has 3 rings (SSSR count). The first kappa shape index (κ1) is 12.9. The molecule has 0 unspecified atom stereocenters. The van der Waals surface area contributed by atoms with Crippen molar-refractivity contribution in [2.24, 2.45) is 0 Å². The third kappa shape index (κ3) is 2.20. The van der Waals surface area contributed by atoms with Crippen LogP contribution in [0.1, 0.15) is 5.56 Å². The highest BCUT2D eigenvalue weighted by Gasteiger charge is 2.14. The largest absolute Gasteiger partial charge is 0.479 e. The van der Waals surface area contributed by atoms with Crippen molar-refractivity contribution < 1.29 is 4.74 Å². The van der Waals surface area contributed by atoms with E-state index in [0.717, 1.165) is 10.0 Å². The summed E-state index contributed by atoms with van der Waals surface area (Å²) in [6.45, 7) is 0.585. The van der Waals surface area contributed by atoms with Crippen LogP contribution in [0.2, 0.25) is 0 Å². The van der Waals surface area contributed by atoms with Gasteiger partial charge in [-0.1, -0.05) is 28.1 Å². The lowest BCUT2D eigenvalue weighted by atomic mass is 10.2. The van der Waals surface area contributed by atoms with E-state index in [0.29, 0.717) is 29.5 Å². The maximum absolute atomic E-state index is 5.98.